The first kappa shape index (κ1) is 13.0. The number of halogens is 1. The molecule has 0 spiro atoms. The predicted molar refractivity (Wildman–Crippen MR) is 72.8 cm³/mol. The Kier molecular flexibility index (Phi) is 3.48. The summed E-state index contributed by atoms with van der Waals surface area (Å²) >= 11 is 0. The van der Waals surface area contributed by atoms with Crippen LogP contribution in [-0.4, -0.2) is 4.98 Å². The van der Waals surface area contributed by atoms with Crippen molar-refractivity contribution in [1.29, 1.82) is 5.26 Å². The van der Waals surface area contributed by atoms with Gasteiger partial charge in [-0.3, -0.25) is 0 Å². The summed E-state index contributed by atoms with van der Waals surface area (Å²) in [5, 5.41) is 12.2. The van der Waals surface area contributed by atoms with Crippen molar-refractivity contribution in [3.63, 3.8) is 0 Å². The van der Waals surface area contributed by atoms with E-state index in [1.54, 1.807) is 0 Å². The van der Waals surface area contributed by atoms with Crippen molar-refractivity contribution >= 4 is 11.5 Å². The van der Waals surface area contributed by atoms with Crippen LogP contribution in [0.15, 0.2) is 24.3 Å². The van der Waals surface area contributed by atoms with Crippen LogP contribution < -0.4 is 5.32 Å². The maximum Gasteiger partial charge on any atom is 0.148 e. The van der Waals surface area contributed by atoms with Gasteiger partial charge < -0.3 is 5.32 Å². The number of nitriles is 1. The summed E-state index contributed by atoms with van der Waals surface area (Å²) in [5.74, 6) is 0.149. The lowest BCUT2D eigenvalue weighted by molar-refractivity contribution is 0.627. The van der Waals surface area contributed by atoms with Crippen molar-refractivity contribution < 1.29 is 4.39 Å². The second-order valence-electron chi connectivity index (χ2n) is 4.56. The van der Waals surface area contributed by atoms with Crippen molar-refractivity contribution in [1.82, 2.24) is 4.98 Å². The zero-order chi connectivity index (χ0) is 14.0. The Balaban J connectivity index is 2.46. The lowest BCUT2D eigenvalue weighted by atomic mass is 10.1. The number of aromatic nitrogens is 1. The molecule has 2 rings (SSSR count). The number of hydrogen-bond donors (Lipinski definition) is 1. The third-order valence-electron chi connectivity index (χ3n) is 2.76. The van der Waals surface area contributed by atoms with E-state index in [4.69, 9.17) is 0 Å². The monoisotopic (exact) mass is 255 g/mol. The Labute approximate surface area is 111 Å². The highest BCUT2D eigenvalue weighted by Crippen LogP contribution is 2.23. The largest absolute Gasteiger partial charge is 0.339 e. The van der Waals surface area contributed by atoms with Gasteiger partial charge in [0.1, 0.15) is 17.7 Å². The minimum Gasteiger partial charge on any atom is -0.339 e. The highest BCUT2D eigenvalue weighted by atomic mass is 19.1. The summed E-state index contributed by atoms with van der Waals surface area (Å²) in [7, 11) is 0. The Bertz CT molecular complexity index is 652. The SMILES string of the molecule is Cc1cc(F)cc(Nc2nc(C)cc(C)c2C#N)c1. The molecule has 0 fully saturated rings. The fraction of sp³-hybridized carbons (Fsp3) is 0.200. The minimum absolute atomic E-state index is 0.314. The third kappa shape index (κ3) is 2.89. The molecule has 1 aromatic carbocycles. The van der Waals surface area contributed by atoms with Crippen molar-refractivity contribution in [2.24, 2.45) is 0 Å². The first-order valence-corrected chi connectivity index (χ1v) is 5.92. The second-order valence-corrected chi connectivity index (χ2v) is 4.56. The minimum atomic E-state index is -0.314. The quantitative estimate of drug-likeness (QED) is 0.888. The summed E-state index contributed by atoms with van der Waals surface area (Å²) < 4.78 is 13.3. The first-order valence-electron chi connectivity index (χ1n) is 5.92. The van der Waals surface area contributed by atoms with E-state index in [0.29, 0.717) is 17.1 Å². The van der Waals surface area contributed by atoms with Crippen LogP contribution >= 0.6 is 0 Å². The molecule has 0 aliphatic carbocycles. The molecule has 0 amide bonds. The van der Waals surface area contributed by atoms with E-state index in [1.165, 1.54) is 12.1 Å². The number of hydrogen-bond acceptors (Lipinski definition) is 3. The topological polar surface area (TPSA) is 48.7 Å². The summed E-state index contributed by atoms with van der Waals surface area (Å²) in [5.41, 5.74) is 3.54. The van der Waals surface area contributed by atoms with Gasteiger partial charge >= 0.3 is 0 Å². The Morgan fingerprint density at radius 3 is 2.53 bits per heavy atom. The molecule has 19 heavy (non-hydrogen) atoms. The molecule has 3 nitrogen and oxygen atoms in total. The van der Waals surface area contributed by atoms with E-state index in [9.17, 15) is 9.65 Å². The molecule has 4 heteroatoms. The van der Waals surface area contributed by atoms with Crippen LogP contribution in [0.2, 0.25) is 0 Å². The molecule has 0 saturated carbocycles. The molecule has 1 aromatic heterocycles. The molecule has 0 saturated heterocycles. The molecule has 1 N–H and O–H groups in total. The number of nitrogens with zero attached hydrogens (tertiary/aromatic N) is 2. The van der Waals surface area contributed by atoms with Gasteiger partial charge in [0.15, 0.2) is 0 Å². The van der Waals surface area contributed by atoms with Gasteiger partial charge in [-0.25, -0.2) is 9.37 Å². The molecular weight excluding hydrogens is 241 g/mol. The van der Waals surface area contributed by atoms with E-state index in [1.807, 2.05) is 32.9 Å². The molecule has 0 unspecified atom stereocenters. The normalized spacial score (nSPS) is 10.1. The zero-order valence-corrected chi connectivity index (χ0v) is 11.1. The van der Waals surface area contributed by atoms with Crippen molar-refractivity contribution in [2.45, 2.75) is 20.8 Å². The van der Waals surface area contributed by atoms with Gasteiger partial charge in [0.05, 0.1) is 5.56 Å². The van der Waals surface area contributed by atoms with Gasteiger partial charge in [-0.05, 0) is 56.2 Å². The lowest BCUT2D eigenvalue weighted by Crippen LogP contribution is -2.01. The Morgan fingerprint density at radius 2 is 1.89 bits per heavy atom. The molecular formula is C15H14FN3. The number of nitrogens with one attached hydrogen (secondary N) is 1. The zero-order valence-electron chi connectivity index (χ0n) is 11.1. The number of benzene rings is 1. The van der Waals surface area contributed by atoms with Crippen LogP contribution in [-0.2, 0) is 0 Å². The van der Waals surface area contributed by atoms with Crippen LogP contribution in [0.5, 0.6) is 0 Å². The van der Waals surface area contributed by atoms with Crippen LogP contribution in [0, 0.1) is 37.9 Å². The van der Waals surface area contributed by atoms with Crippen LogP contribution in [0.4, 0.5) is 15.9 Å². The van der Waals surface area contributed by atoms with E-state index < -0.39 is 0 Å². The van der Waals surface area contributed by atoms with Crippen LogP contribution in [0.25, 0.3) is 0 Å². The molecule has 2 aromatic rings. The molecule has 0 aliphatic rings. The highest BCUT2D eigenvalue weighted by molar-refractivity contribution is 5.65. The number of anilines is 2. The first-order chi connectivity index (χ1) is 8.99. The van der Waals surface area contributed by atoms with Gasteiger partial charge in [0.25, 0.3) is 0 Å². The number of rotatable bonds is 2. The van der Waals surface area contributed by atoms with Gasteiger partial charge in [-0.1, -0.05) is 0 Å². The molecule has 96 valence electrons. The summed E-state index contributed by atoms with van der Waals surface area (Å²) in [6, 6.07) is 8.61. The van der Waals surface area contributed by atoms with E-state index >= 15 is 0 Å². The van der Waals surface area contributed by atoms with Gasteiger partial charge in [-0.2, -0.15) is 5.26 Å². The fourth-order valence-electron chi connectivity index (χ4n) is 2.01. The van der Waals surface area contributed by atoms with E-state index in [0.717, 1.165) is 16.8 Å². The molecule has 0 atom stereocenters. The van der Waals surface area contributed by atoms with Crippen LogP contribution in [0.1, 0.15) is 22.4 Å². The Hall–Kier alpha value is -2.41. The maximum absolute atomic E-state index is 13.3. The second kappa shape index (κ2) is 5.07. The molecule has 1 heterocycles. The molecule has 0 bridgehead atoms. The molecule has 0 radical (unpaired) electrons. The van der Waals surface area contributed by atoms with E-state index in [-0.39, 0.29) is 5.82 Å². The van der Waals surface area contributed by atoms with Gasteiger partial charge in [0, 0.05) is 11.4 Å². The standard InChI is InChI=1S/C15H14FN3/c1-9-4-12(16)7-13(5-9)19-15-14(8-17)10(2)6-11(3)18-15/h4-7H,1-3H3,(H,18,19). The fourth-order valence-corrected chi connectivity index (χ4v) is 2.01. The Morgan fingerprint density at radius 1 is 1.16 bits per heavy atom. The number of pyridine rings is 1. The summed E-state index contributed by atoms with van der Waals surface area (Å²) in [4.78, 5) is 4.30. The molecule has 0 aliphatic heterocycles. The van der Waals surface area contributed by atoms with Crippen molar-refractivity contribution in [3.05, 3.63) is 52.5 Å². The van der Waals surface area contributed by atoms with Crippen LogP contribution in [0.3, 0.4) is 0 Å². The van der Waals surface area contributed by atoms with Crippen molar-refractivity contribution in [3.8, 4) is 6.07 Å². The lowest BCUT2D eigenvalue weighted by Gasteiger charge is -2.11. The summed E-state index contributed by atoms with van der Waals surface area (Å²) in [6.45, 7) is 5.53. The average Bonchev–Trinajstić information content (AvgIpc) is 2.26. The smallest absolute Gasteiger partial charge is 0.148 e. The predicted octanol–water partition coefficient (Wildman–Crippen LogP) is 3.76. The average molecular weight is 255 g/mol. The van der Waals surface area contributed by atoms with Gasteiger partial charge in [-0.15, -0.1) is 0 Å². The maximum atomic E-state index is 13.3. The summed E-state index contributed by atoms with van der Waals surface area (Å²) in [6.07, 6.45) is 0. The van der Waals surface area contributed by atoms with E-state index in [2.05, 4.69) is 16.4 Å². The van der Waals surface area contributed by atoms with Crippen molar-refractivity contribution in [2.75, 3.05) is 5.32 Å². The highest BCUT2D eigenvalue weighted by Gasteiger charge is 2.09. The number of aryl methyl sites for hydroxylation is 3. The third-order valence-corrected chi connectivity index (χ3v) is 2.76. The van der Waals surface area contributed by atoms with Gasteiger partial charge in [0.2, 0.25) is 0 Å².